The summed E-state index contributed by atoms with van der Waals surface area (Å²) < 4.78 is 0. The van der Waals surface area contributed by atoms with Crippen LogP contribution in [-0.4, -0.2) is 12.2 Å². The van der Waals surface area contributed by atoms with E-state index in [0.29, 0.717) is 0 Å². The average Bonchev–Trinajstić information content (AvgIpc) is 2.51. The van der Waals surface area contributed by atoms with E-state index in [-0.39, 0.29) is 11.8 Å². The highest BCUT2D eigenvalue weighted by Crippen LogP contribution is 2.26. The van der Waals surface area contributed by atoms with Crippen molar-refractivity contribution in [2.45, 2.75) is 24.2 Å². The quantitative estimate of drug-likeness (QED) is 0.809. The van der Waals surface area contributed by atoms with E-state index < -0.39 is 0 Å². The maximum atomic E-state index is 12.5. The SMILES string of the molecule is [CH2]c1ccc(NC(=O)C(CC)c2ccccc2)cc1SC. The molecule has 0 bridgehead atoms. The van der Waals surface area contributed by atoms with Crippen molar-refractivity contribution in [3.8, 4) is 0 Å². The molecule has 1 atom stereocenters. The fraction of sp³-hybridized carbons (Fsp3) is 0.222. The Morgan fingerprint density at radius 3 is 2.57 bits per heavy atom. The number of rotatable bonds is 5. The van der Waals surface area contributed by atoms with Gasteiger partial charge in [0.25, 0.3) is 0 Å². The van der Waals surface area contributed by atoms with Crippen molar-refractivity contribution < 1.29 is 4.79 Å². The van der Waals surface area contributed by atoms with Crippen LogP contribution in [0.5, 0.6) is 0 Å². The highest BCUT2D eigenvalue weighted by Gasteiger charge is 2.18. The third-order valence-corrected chi connectivity index (χ3v) is 4.30. The Morgan fingerprint density at radius 1 is 1.24 bits per heavy atom. The van der Waals surface area contributed by atoms with E-state index in [1.165, 1.54) is 0 Å². The molecule has 0 aromatic heterocycles. The zero-order valence-electron chi connectivity index (χ0n) is 12.4. The lowest BCUT2D eigenvalue weighted by Gasteiger charge is -2.16. The molecule has 0 aliphatic carbocycles. The lowest BCUT2D eigenvalue weighted by molar-refractivity contribution is -0.117. The first kappa shape index (κ1) is 15.6. The Kier molecular flexibility index (Phi) is 5.45. The van der Waals surface area contributed by atoms with E-state index in [9.17, 15) is 4.79 Å². The number of carbonyl (C=O) groups is 1. The minimum atomic E-state index is -0.122. The molecule has 1 unspecified atom stereocenters. The van der Waals surface area contributed by atoms with Crippen molar-refractivity contribution in [3.05, 3.63) is 66.6 Å². The average molecular weight is 298 g/mol. The smallest absolute Gasteiger partial charge is 0.231 e. The normalized spacial score (nSPS) is 12.0. The van der Waals surface area contributed by atoms with Crippen molar-refractivity contribution in [3.63, 3.8) is 0 Å². The summed E-state index contributed by atoms with van der Waals surface area (Å²) in [5, 5.41) is 3.01. The van der Waals surface area contributed by atoms with Crippen LogP contribution in [0.1, 0.15) is 30.4 Å². The second kappa shape index (κ2) is 7.32. The van der Waals surface area contributed by atoms with E-state index in [2.05, 4.69) is 12.2 Å². The van der Waals surface area contributed by atoms with Crippen molar-refractivity contribution in [2.24, 2.45) is 0 Å². The molecule has 3 heteroatoms. The van der Waals surface area contributed by atoms with E-state index in [4.69, 9.17) is 0 Å². The predicted octanol–water partition coefficient (Wildman–Crippen LogP) is 4.72. The van der Waals surface area contributed by atoms with E-state index in [1.807, 2.05) is 61.7 Å². The summed E-state index contributed by atoms with van der Waals surface area (Å²) in [7, 11) is 0. The van der Waals surface area contributed by atoms with Crippen molar-refractivity contribution in [2.75, 3.05) is 11.6 Å². The molecule has 0 saturated heterocycles. The standard InChI is InChI=1S/C18H20NOS/c1-4-16(14-8-6-5-7-9-14)18(20)19-15-11-10-13(2)17(12-15)21-3/h5-12,16H,2,4H2,1,3H3,(H,19,20). The molecule has 1 amide bonds. The van der Waals surface area contributed by atoms with Gasteiger partial charge in [-0.15, -0.1) is 11.8 Å². The van der Waals surface area contributed by atoms with Crippen LogP contribution < -0.4 is 5.32 Å². The second-order valence-corrected chi connectivity index (χ2v) is 5.74. The van der Waals surface area contributed by atoms with Gasteiger partial charge in [0.05, 0.1) is 5.92 Å². The molecule has 0 saturated carbocycles. The number of thioether (sulfide) groups is 1. The fourth-order valence-electron chi connectivity index (χ4n) is 2.31. The predicted molar refractivity (Wildman–Crippen MR) is 90.8 cm³/mol. The summed E-state index contributed by atoms with van der Waals surface area (Å²) >= 11 is 1.63. The van der Waals surface area contributed by atoms with E-state index in [1.54, 1.807) is 11.8 Å². The molecule has 109 valence electrons. The topological polar surface area (TPSA) is 29.1 Å². The number of amides is 1. The summed E-state index contributed by atoms with van der Waals surface area (Å²) in [4.78, 5) is 13.6. The van der Waals surface area contributed by atoms with Gasteiger partial charge < -0.3 is 5.32 Å². The van der Waals surface area contributed by atoms with Gasteiger partial charge >= 0.3 is 0 Å². The van der Waals surface area contributed by atoms with Gasteiger partial charge in [-0.3, -0.25) is 4.79 Å². The molecule has 2 aromatic rings. The Bertz CT molecular complexity index is 610. The molecule has 21 heavy (non-hydrogen) atoms. The summed E-state index contributed by atoms with van der Waals surface area (Å²) in [5.41, 5.74) is 2.86. The maximum Gasteiger partial charge on any atom is 0.231 e. The molecule has 0 aliphatic heterocycles. The van der Waals surface area contributed by atoms with Crippen molar-refractivity contribution in [1.82, 2.24) is 0 Å². The van der Waals surface area contributed by atoms with Crippen LogP contribution in [0.4, 0.5) is 5.69 Å². The molecular formula is C18H20NOS. The van der Waals surface area contributed by atoms with E-state index in [0.717, 1.165) is 28.1 Å². The van der Waals surface area contributed by atoms with Crippen LogP contribution in [0.2, 0.25) is 0 Å². The first-order chi connectivity index (χ1) is 10.2. The minimum absolute atomic E-state index is 0.0348. The number of hydrogen-bond acceptors (Lipinski definition) is 2. The zero-order valence-corrected chi connectivity index (χ0v) is 13.2. The highest BCUT2D eigenvalue weighted by molar-refractivity contribution is 7.98. The second-order valence-electron chi connectivity index (χ2n) is 4.89. The van der Waals surface area contributed by atoms with Crippen LogP contribution >= 0.6 is 11.8 Å². The first-order valence-corrected chi connectivity index (χ1v) is 8.24. The number of hydrogen-bond donors (Lipinski definition) is 1. The van der Waals surface area contributed by atoms with E-state index >= 15 is 0 Å². The zero-order chi connectivity index (χ0) is 15.2. The molecular weight excluding hydrogens is 278 g/mol. The molecule has 2 nitrogen and oxygen atoms in total. The molecule has 0 aliphatic rings. The summed E-state index contributed by atoms with van der Waals surface area (Å²) in [6.45, 7) is 6.01. The summed E-state index contributed by atoms with van der Waals surface area (Å²) in [5.74, 6) is -0.0871. The molecule has 0 spiro atoms. The molecule has 0 heterocycles. The largest absolute Gasteiger partial charge is 0.326 e. The van der Waals surface area contributed by atoms with Gasteiger partial charge in [-0.05, 0) is 42.9 Å². The number of nitrogens with one attached hydrogen (secondary N) is 1. The fourth-order valence-corrected chi connectivity index (χ4v) is 2.88. The Balaban J connectivity index is 2.16. The number of benzene rings is 2. The lowest BCUT2D eigenvalue weighted by atomic mass is 9.95. The Labute approximate surface area is 131 Å². The van der Waals surface area contributed by atoms with Crippen molar-refractivity contribution in [1.29, 1.82) is 0 Å². The summed E-state index contributed by atoms with van der Waals surface area (Å²) in [6.07, 6.45) is 2.78. The highest BCUT2D eigenvalue weighted by atomic mass is 32.2. The lowest BCUT2D eigenvalue weighted by Crippen LogP contribution is -2.20. The maximum absolute atomic E-state index is 12.5. The van der Waals surface area contributed by atoms with Crippen LogP contribution in [0.25, 0.3) is 0 Å². The third kappa shape index (κ3) is 3.88. The molecule has 2 aromatic carbocycles. The van der Waals surface area contributed by atoms with Crippen molar-refractivity contribution >= 4 is 23.4 Å². The van der Waals surface area contributed by atoms with Crippen LogP contribution in [0.15, 0.2) is 53.4 Å². The third-order valence-electron chi connectivity index (χ3n) is 3.48. The van der Waals surface area contributed by atoms with Gasteiger partial charge in [0.1, 0.15) is 0 Å². The Hall–Kier alpha value is -1.74. The molecule has 2 rings (SSSR count). The van der Waals surface area contributed by atoms with Crippen LogP contribution in [0.3, 0.4) is 0 Å². The first-order valence-electron chi connectivity index (χ1n) is 7.01. The summed E-state index contributed by atoms with van der Waals surface area (Å²) in [6, 6.07) is 15.7. The monoisotopic (exact) mass is 298 g/mol. The van der Waals surface area contributed by atoms with Gasteiger partial charge in [0.2, 0.25) is 5.91 Å². The molecule has 1 N–H and O–H groups in total. The minimum Gasteiger partial charge on any atom is -0.326 e. The van der Waals surface area contributed by atoms with Crippen LogP contribution in [-0.2, 0) is 4.79 Å². The molecule has 0 fully saturated rings. The van der Waals surface area contributed by atoms with Gasteiger partial charge in [0.15, 0.2) is 0 Å². The number of anilines is 1. The van der Waals surface area contributed by atoms with Gasteiger partial charge in [-0.1, -0.05) is 43.3 Å². The Morgan fingerprint density at radius 2 is 1.95 bits per heavy atom. The van der Waals surface area contributed by atoms with Crippen LogP contribution in [0, 0.1) is 6.92 Å². The van der Waals surface area contributed by atoms with Gasteiger partial charge in [-0.25, -0.2) is 0 Å². The number of carbonyl (C=O) groups excluding carboxylic acids is 1. The molecule has 1 radical (unpaired) electrons. The van der Waals surface area contributed by atoms with Gasteiger partial charge in [-0.2, -0.15) is 0 Å². The van der Waals surface area contributed by atoms with Gasteiger partial charge in [0, 0.05) is 10.6 Å².